The molecule has 0 spiro atoms. The Balaban J connectivity index is 1.72. The second kappa shape index (κ2) is 5.74. The Morgan fingerprint density at radius 1 is 1.45 bits per heavy atom. The zero-order valence-corrected chi connectivity index (χ0v) is 12.3. The molecule has 1 aromatic rings. The van der Waals surface area contributed by atoms with Gasteiger partial charge in [0.2, 0.25) is 0 Å². The third-order valence-corrected chi connectivity index (χ3v) is 5.18. The SMILES string of the molecule is COc1cc(CN2CCCCC2C2(CN)CCC2)on1. The normalized spacial score (nSPS) is 26.2. The molecule has 2 heterocycles. The smallest absolute Gasteiger partial charge is 0.254 e. The number of likely N-dealkylation sites (tertiary alicyclic amines) is 1. The highest BCUT2D eigenvalue weighted by molar-refractivity contribution is 5.11. The van der Waals surface area contributed by atoms with Crippen LogP contribution in [-0.4, -0.2) is 36.3 Å². The van der Waals surface area contributed by atoms with Crippen molar-refractivity contribution in [2.45, 2.75) is 51.1 Å². The van der Waals surface area contributed by atoms with E-state index in [0.717, 1.165) is 25.4 Å². The van der Waals surface area contributed by atoms with E-state index in [9.17, 15) is 0 Å². The maximum atomic E-state index is 6.10. The topological polar surface area (TPSA) is 64.5 Å². The second-order valence-electron chi connectivity index (χ2n) is 6.24. The zero-order valence-electron chi connectivity index (χ0n) is 12.3. The van der Waals surface area contributed by atoms with Gasteiger partial charge in [-0.2, -0.15) is 0 Å². The van der Waals surface area contributed by atoms with Gasteiger partial charge in [0.25, 0.3) is 5.88 Å². The molecule has 0 aromatic carbocycles. The predicted octanol–water partition coefficient (Wildman–Crippen LogP) is 2.17. The van der Waals surface area contributed by atoms with Crippen molar-refractivity contribution in [1.29, 1.82) is 0 Å². The van der Waals surface area contributed by atoms with Crippen molar-refractivity contribution in [1.82, 2.24) is 10.1 Å². The molecule has 5 nitrogen and oxygen atoms in total. The summed E-state index contributed by atoms with van der Waals surface area (Å²) in [4.78, 5) is 2.55. The standard InChI is InChI=1S/C15H25N3O2/c1-19-14-9-12(20-17-14)10-18-8-3-2-5-13(18)15(11-16)6-4-7-15/h9,13H,2-8,10-11,16H2,1H3. The number of nitrogens with zero attached hydrogens (tertiary/aromatic N) is 2. The highest BCUT2D eigenvalue weighted by atomic mass is 16.5. The van der Waals surface area contributed by atoms with Crippen molar-refractivity contribution in [3.05, 3.63) is 11.8 Å². The van der Waals surface area contributed by atoms with Crippen molar-refractivity contribution in [3.63, 3.8) is 0 Å². The predicted molar refractivity (Wildman–Crippen MR) is 76.4 cm³/mol. The van der Waals surface area contributed by atoms with Crippen LogP contribution in [0.4, 0.5) is 0 Å². The lowest BCUT2D eigenvalue weighted by atomic mass is 9.62. The summed E-state index contributed by atoms with van der Waals surface area (Å²) in [5, 5.41) is 3.89. The number of nitrogens with two attached hydrogens (primary N) is 1. The van der Waals surface area contributed by atoms with E-state index in [4.69, 9.17) is 15.0 Å². The van der Waals surface area contributed by atoms with Crippen LogP contribution in [0.1, 0.15) is 44.3 Å². The molecule has 2 aliphatic rings. The summed E-state index contributed by atoms with van der Waals surface area (Å²) < 4.78 is 10.4. The molecule has 1 aliphatic heterocycles. The summed E-state index contributed by atoms with van der Waals surface area (Å²) in [7, 11) is 1.61. The lowest BCUT2D eigenvalue weighted by Crippen LogP contribution is -2.56. The van der Waals surface area contributed by atoms with Crippen molar-refractivity contribution in [2.75, 3.05) is 20.2 Å². The Hall–Kier alpha value is -1.07. The van der Waals surface area contributed by atoms with E-state index in [1.165, 1.54) is 38.5 Å². The molecule has 1 aliphatic carbocycles. The van der Waals surface area contributed by atoms with Crippen LogP contribution in [0.15, 0.2) is 10.6 Å². The van der Waals surface area contributed by atoms with Gasteiger partial charge in [0.1, 0.15) is 0 Å². The van der Waals surface area contributed by atoms with Gasteiger partial charge >= 0.3 is 0 Å². The van der Waals surface area contributed by atoms with Crippen molar-refractivity contribution in [2.24, 2.45) is 11.1 Å². The van der Waals surface area contributed by atoms with Gasteiger partial charge in [0, 0.05) is 12.1 Å². The average molecular weight is 279 g/mol. The number of aromatic nitrogens is 1. The largest absolute Gasteiger partial charge is 0.479 e. The van der Waals surface area contributed by atoms with Crippen LogP contribution < -0.4 is 10.5 Å². The molecule has 1 unspecified atom stereocenters. The van der Waals surface area contributed by atoms with E-state index < -0.39 is 0 Å². The molecule has 20 heavy (non-hydrogen) atoms. The maximum absolute atomic E-state index is 6.10. The molecule has 1 atom stereocenters. The molecule has 1 aromatic heterocycles. The Morgan fingerprint density at radius 3 is 2.90 bits per heavy atom. The third kappa shape index (κ3) is 2.44. The fraction of sp³-hybridized carbons (Fsp3) is 0.800. The van der Waals surface area contributed by atoms with Gasteiger partial charge in [-0.3, -0.25) is 4.90 Å². The summed E-state index contributed by atoms with van der Waals surface area (Å²) in [5.74, 6) is 1.45. The molecular formula is C15H25N3O2. The number of methoxy groups -OCH3 is 1. The van der Waals surface area contributed by atoms with Crippen LogP contribution in [0.25, 0.3) is 0 Å². The van der Waals surface area contributed by atoms with Gasteiger partial charge in [0.05, 0.1) is 13.7 Å². The summed E-state index contributed by atoms with van der Waals surface area (Å²) >= 11 is 0. The maximum Gasteiger partial charge on any atom is 0.254 e. The first-order chi connectivity index (χ1) is 9.77. The second-order valence-corrected chi connectivity index (χ2v) is 6.24. The first-order valence-corrected chi connectivity index (χ1v) is 7.71. The van der Waals surface area contributed by atoms with E-state index in [1.54, 1.807) is 7.11 Å². The zero-order chi connectivity index (χ0) is 14.0. The van der Waals surface area contributed by atoms with Crippen molar-refractivity contribution >= 4 is 0 Å². The Morgan fingerprint density at radius 2 is 2.30 bits per heavy atom. The molecule has 0 bridgehead atoms. The lowest BCUT2D eigenvalue weighted by Gasteiger charge is -2.53. The fourth-order valence-electron chi connectivity index (χ4n) is 3.84. The molecule has 1 saturated carbocycles. The first-order valence-electron chi connectivity index (χ1n) is 7.71. The van der Waals surface area contributed by atoms with Gasteiger partial charge in [-0.1, -0.05) is 12.8 Å². The molecule has 2 N–H and O–H groups in total. The van der Waals surface area contributed by atoms with E-state index >= 15 is 0 Å². The van der Waals surface area contributed by atoms with E-state index in [0.29, 0.717) is 17.3 Å². The van der Waals surface area contributed by atoms with E-state index in [1.807, 2.05) is 6.07 Å². The molecule has 3 rings (SSSR count). The minimum absolute atomic E-state index is 0.352. The number of hydrogen-bond donors (Lipinski definition) is 1. The highest BCUT2D eigenvalue weighted by Gasteiger charge is 2.46. The minimum atomic E-state index is 0.352. The average Bonchev–Trinajstić information content (AvgIpc) is 2.88. The van der Waals surface area contributed by atoms with Gasteiger partial charge in [-0.25, -0.2) is 0 Å². The van der Waals surface area contributed by atoms with Crippen LogP contribution in [-0.2, 0) is 6.54 Å². The lowest BCUT2D eigenvalue weighted by molar-refractivity contribution is -0.0239. The summed E-state index contributed by atoms with van der Waals surface area (Å²) in [6.07, 6.45) is 7.75. The summed E-state index contributed by atoms with van der Waals surface area (Å²) in [6.45, 7) is 2.77. The monoisotopic (exact) mass is 279 g/mol. The molecule has 0 amide bonds. The molecule has 2 fully saturated rings. The summed E-state index contributed by atoms with van der Waals surface area (Å²) in [5.41, 5.74) is 6.45. The molecule has 5 heteroatoms. The van der Waals surface area contributed by atoms with Crippen LogP contribution >= 0.6 is 0 Å². The quantitative estimate of drug-likeness (QED) is 0.895. The van der Waals surface area contributed by atoms with Gasteiger partial charge in [-0.05, 0) is 49.3 Å². The van der Waals surface area contributed by atoms with Crippen LogP contribution in [0, 0.1) is 5.41 Å². The van der Waals surface area contributed by atoms with Gasteiger partial charge in [-0.15, -0.1) is 0 Å². The van der Waals surface area contributed by atoms with Crippen LogP contribution in [0.5, 0.6) is 5.88 Å². The Labute approximate surface area is 120 Å². The Bertz CT molecular complexity index is 437. The molecular weight excluding hydrogens is 254 g/mol. The van der Waals surface area contributed by atoms with E-state index in [-0.39, 0.29) is 0 Å². The number of hydrogen-bond acceptors (Lipinski definition) is 5. The van der Waals surface area contributed by atoms with Crippen LogP contribution in [0.3, 0.4) is 0 Å². The molecule has 112 valence electrons. The third-order valence-electron chi connectivity index (χ3n) is 5.18. The number of ether oxygens (including phenoxy) is 1. The number of rotatable bonds is 5. The fourth-order valence-corrected chi connectivity index (χ4v) is 3.84. The first kappa shape index (κ1) is 13.9. The van der Waals surface area contributed by atoms with Crippen LogP contribution in [0.2, 0.25) is 0 Å². The molecule has 1 saturated heterocycles. The molecule has 0 radical (unpaired) electrons. The van der Waals surface area contributed by atoms with E-state index in [2.05, 4.69) is 10.1 Å². The minimum Gasteiger partial charge on any atom is -0.479 e. The van der Waals surface area contributed by atoms with Gasteiger partial charge in [0.15, 0.2) is 5.76 Å². The van der Waals surface area contributed by atoms with Gasteiger partial charge < -0.3 is 15.0 Å². The highest BCUT2D eigenvalue weighted by Crippen LogP contribution is 2.47. The van der Waals surface area contributed by atoms with Crippen molar-refractivity contribution < 1.29 is 9.26 Å². The van der Waals surface area contributed by atoms with Crippen molar-refractivity contribution in [3.8, 4) is 5.88 Å². The number of piperidine rings is 1. The Kier molecular flexibility index (Phi) is 3.98. The summed E-state index contributed by atoms with van der Waals surface area (Å²) in [6, 6.07) is 2.49.